The molecule has 0 aliphatic carbocycles. The number of aryl methyl sites for hydroxylation is 3. The molecule has 0 spiro atoms. The zero-order valence-electron chi connectivity index (χ0n) is 16.1. The number of pyridine rings is 1. The largest absolute Gasteiger partial charge is 0.361 e. The van der Waals surface area contributed by atoms with E-state index in [9.17, 15) is 13.2 Å². The smallest absolute Gasteiger partial charge is 0.258 e. The molecule has 3 aromatic rings. The van der Waals surface area contributed by atoms with E-state index in [1.54, 1.807) is 37.4 Å². The third-order valence-corrected chi connectivity index (χ3v) is 6.39. The molecule has 8 nitrogen and oxygen atoms in total. The molecule has 0 bridgehead atoms. The topological polar surface area (TPSA) is 128 Å². The van der Waals surface area contributed by atoms with E-state index in [1.165, 1.54) is 17.8 Å². The monoisotopic (exact) mass is 432 g/mol. The van der Waals surface area contributed by atoms with Crippen LogP contribution >= 0.6 is 11.8 Å². The predicted octanol–water partition coefficient (Wildman–Crippen LogP) is 3.19. The molecule has 2 heterocycles. The van der Waals surface area contributed by atoms with Crippen LogP contribution < -0.4 is 10.5 Å². The van der Waals surface area contributed by atoms with Crippen molar-refractivity contribution >= 4 is 33.4 Å². The van der Waals surface area contributed by atoms with E-state index in [-0.39, 0.29) is 4.90 Å². The highest BCUT2D eigenvalue weighted by atomic mass is 32.2. The van der Waals surface area contributed by atoms with Crippen molar-refractivity contribution in [2.45, 2.75) is 36.4 Å². The van der Waals surface area contributed by atoms with Gasteiger partial charge in [-0.1, -0.05) is 11.2 Å². The molecule has 0 unspecified atom stereocenters. The summed E-state index contributed by atoms with van der Waals surface area (Å²) < 4.78 is 28.6. The second-order valence-electron chi connectivity index (χ2n) is 6.43. The maximum atomic E-state index is 12.8. The number of nitrogens with one attached hydrogen (secondary N) is 1. The number of benzene rings is 1. The van der Waals surface area contributed by atoms with E-state index in [0.29, 0.717) is 27.6 Å². The number of aromatic nitrogens is 2. The Bertz CT molecular complexity index is 1150. The normalized spacial score (nSPS) is 11.4. The van der Waals surface area contributed by atoms with Crippen LogP contribution in [0.1, 0.15) is 32.9 Å². The van der Waals surface area contributed by atoms with Gasteiger partial charge in [0.05, 0.1) is 16.2 Å². The van der Waals surface area contributed by atoms with Gasteiger partial charge in [-0.3, -0.25) is 4.79 Å². The van der Waals surface area contributed by atoms with Crippen molar-refractivity contribution in [3.05, 3.63) is 64.7 Å². The van der Waals surface area contributed by atoms with Crippen molar-refractivity contribution in [2.24, 2.45) is 5.14 Å². The Morgan fingerprint density at radius 2 is 2.00 bits per heavy atom. The quantitative estimate of drug-likeness (QED) is 0.572. The molecule has 0 aliphatic rings. The van der Waals surface area contributed by atoms with Crippen molar-refractivity contribution in [1.82, 2.24) is 10.1 Å². The first-order valence-electron chi connectivity index (χ1n) is 8.61. The van der Waals surface area contributed by atoms with E-state index in [0.717, 1.165) is 17.0 Å². The van der Waals surface area contributed by atoms with Gasteiger partial charge in [-0.15, -0.1) is 11.8 Å². The fraction of sp³-hybridized carbons (Fsp3) is 0.211. The van der Waals surface area contributed by atoms with E-state index in [1.807, 2.05) is 13.8 Å². The minimum Gasteiger partial charge on any atom is -0.361 e. The molecule has 2 aromatic heterocycles. The van der Waals surface area contributed by atoms with Gasteiger partial charge in [0.15, 0.2) is 0 Å². The van der Waals surface area contributed by atoms with Gasteiger partial charge < -0.3 is 9.84 Å². The Balaban J connectivity index is 1.82. The molecule has 0 atom stereocenters. The van der Waals surface area contributed by atoms with Crippen LogP contribution in [0.15, 0.2) is 51.0 Å². The zero-order chi connectivity index (χ0) is 21.2. The predicted molar refractivity (Wildman–Crippen MR) is 110 cm³/mol. The molecule has 1 aromatic carbocycles. The van der Waals surface area contributed by atoms with Gasteiger partial charge in [-0.2, -0.15) is 0 Å². The molecule has 0 saturated carbocycles. The number of thioether (sulfide) groups is 1. The fourth-order valence-electron chi connectivity index (χ4n) is 2.71. The van der Waals surface area contributed by atoms with Crippen LogP contribution in [-0.4, -0.2) is 24.5 Å². The lowest BCUT2D eigenvalue weighted by Crippen LogP contribution is -2.16. The van der Waals surface area contributed by atoms with Crippen LogP contribution in [-0.2, 0) is 15.8 Å². The first kappa shape index (κ1) is 21.0. The maximum Gasteiger partial charge on any atom is 0.258 e. The van der Waals surface area contributed by atoms with Gasteiger partial charge in [0.2, 0.25) is 10.0 Å². The van der Waals surface area contributed by atoms with Gasteiger partial charge >= 0.3 is 0 Å². The molecular weight excluding hydrogens is 412 g/mol. The summed E-state index contributed by atoms with van der Waals surface area (Å²) in [6.07, 6.45) is 1.61. The van der Waals surface area contributed by atoms with Crippen molar-refractivity contribution in [3.63, 3.8) is 0 Å². The lowest BCUT2D eigenvalue weighted by atomic mass is 10.2. The number of carbonyl (C=O) groups excluding carboxylic acids is 1. The number of hydrogen-bond donors (Lipinski definition) is 2. The number of nitrogens with two attached hydrogens (primary N) is 1. The Kier molecular flexibility index (Phi) is 6.06. The molecule has 0 saturated heterocycles. The second kappa shape index (κ2) is 8.36. The zero-order valence-corrected chi connectivity index (χ0v) is 17.7. The molecule has 1 amide bonds. The lowest BCUT2D eigenvalue weighted by molar-refractivity contribution is 0.102. The molecule has 10 heteroatoms. The summed E-state index contributed by atoms with van der Waals surface area (Å²) >= 11 is 1.39. The SMILES string of the molecule is Cc1ccc(NC(=O)c2cccnc2SCc2c(C)noc2C)cc1S(N)(=O)=O. The molecule has 3 rings (SSSR count). The van der Waals surface area contributed by atoms with Crippen LogP contribution in [0.5, 0.6) is 0 Å². The number of carbonyl (C=O) groups is 1. The average molecular weight is 433 g/mol. The molecular formula is C19H20N4O4S2. The highest BCUT2D eigenvalue weighted by molar-refractivity contribution is 7.98. The van der Waals surface area contributed by atoms with Crippen molar-refractivity contribution < 1.29 is 17.7 Å². The summed E-state index contributed by atoms with van der Waals surface area (Å²) in [7, 11) is -3.89. The second-order valence-corrected chi connectivity index (χ2v) is 8.92. The van der Waals surface area contributed by atoms with Gasteiger partial charge in [0.1, 0.15) is 10.8 Å². The number of anilines is 1. The Labute approximate surface area is 172 Å². The van der Waals surface area contributed by atoms with Crippen LogP contribution in [0.4, 0.5) is 5.69 Å². The summed E-state index contributed by atoms with van der Waals surface area (Å²) in [4.78, 5) is 17.1. The third-order valence-electron chi connectivity index (χ3n) is 4.30. The Hall–Kier alpha value is -2.69. The minimum atomic E-state index is -3.89. The standard InChI is InChI=1S/C19H20N4O4S2/c1-11-6-7-14(9-17(11)29(20,25)26)22-18(24)15-5-4-8-21-19(15)28-10-16-12(2)23-27-13(16)3/h4-9H,10H2,1-3H3,(H,22,24)(H2,20,25,26). The highest BCUT2D eigenvalue weighted by Gasteiger charge is 2.17. The molecule has 3 N–H and O–H groups in total. The van der Waals surface area contributed by atoms with Gasteiger partial charge in [0.25, 0.3) is 5.91 Å². The summed E-state index contributed by atoms with van der Waals surface area (Å²) in [6.45, 7) is 5.33. The lowest BCUT2D eigenvalue weighted by Gasteiger charge is -2.11. The van der Waals surface area contributed by atoms with Crippen molar-refractivity contribution in [3.8, 4) is 0 Å². The summed E-state index contributed by atoms with van der Waals surface area (Å²) in [5.41, 5.74) is 2.97. The van der Waals surface area contributed by atoms with Gasteiger partial charge in [0, 0.05) is 23.2 Å². The number of hydrogen-bond acceptors (Lipinski definition) is 7. The third kappa shape index (κ3) is 4.84. The molecule has 0 radical (unpaired) electrons. The summed E-state index contributed by atoms with van der Waals surface area (Å²) in [5, 5.41) is 12.4. The Morgan fingerprint density at radius 3 is 2.66 bits per heavy atom. The average Bonchev–Trinajstić information content (AvgIpc) is 2.98. The van der Waals surface area contributed by atoms with E-state index in [2.05, 4.69) is 15.5 Å². The molecule has 0 aliphatic heterocycles. The number of nitrogens with zero attached hydrogens (tertiary/aromatic N) is 2. The fourth-order valence-corrected chi connectivity index (χ4v) is 4.66. The van der Waals surface area contributed by atoms with Crippen LogP contribution in [0, 0.1) is 20.8 Å². The van der Waals surface area contributed by atoms with Gasteiger partial charge in [-0.25, -0.2) is 18.5 Å². The van der Waals surface area contributed by atoms with Crippen LogP contribution in [0.2, 0.25) is 0 Å². The first-order chi connectivity index (χ1) is 13.7. The number of sulfonamides is 1. The molecule has 152 valence electrons. The van der Waals surface area contributed by atoms with Crippen molar-refractivity contribution in [1.29, 1.82) is 0 Å². The van der Waals surface area contributed by atoms with E-state index in [4.69, 9.17) is 9.66 Å². The van der Waals surface area contributed by atoms with Gasteiger partial charge in [-0.05, 0) is 50.6 Å². The highest BCUT2D eigenvalue weighted by Crippen LogP contribution is 2.28. The minimum absolute atomic E-state index is 0.0329. The van der Waals surface area contributed by atoms with E-state index >= 15 is 0 Å². The first-order valence-corrected chi connectivity index (χ1v) is 11.1. The molecule has 0 fully saturated rings. The van der Waals surface area contributed by atoms with E-state index < -0.39 is 15.9 Å². The number of amides is 1. The maximum absolute atomic E-state index is 12.8. The van der Waals surface area contributed by atoms with Crippen LogP contribution in [0.3, 0.4) is 0 Å². The van der Waals surface area contributed by atoms with Crippen LogP contribution in [0.25, 0.3) is 0 Å². The molecule has 29 heavy (non-hydrogen) atoms. The Morgan fingerprint density at radius 1 is 1.24 bits per heavy atom. The number of rotatable bonds is 6. The summed E-state index contributed by atoms with van der Waals surface area (Å²) in [5.74, 6) is 0.883. The number of primary sulfonamides is 1. The van der Waals surface area contributed by atoms with Crippen molar-refractivity contribution in [2.75, 3.05) is 5.32 Å². The summed E-state index contributed by atoms with van der Waals surface area (Å²) in [6, 6.07) is 7.88.